The van der Waals surface area contributed by atoms with Gasteiger partial charge >= 0.3 is 5.97 Å². The first kappa shape index (κ1) is 14.6. The average Bonchev–Trinajstić information content (AvgIpc) is 2.84. The van der Waals surface area contributed by atoms with Gasteiger partial charge in [-0.05, 0) is 32.0 Å². The van der Waals surface area contributed by atoms with Gasteiger partial charge in [-0.3, -0.25) is 4.79 Å². The third-order valence-corrected chi connectivity index (χ3v) is 2.61. The van der Waals surface area contributed by atoms with E-state index >= 15 is 0 Å². The normalized spacial score (nSPS) is 11.7. The Morgan fingerprint density at radius 1 is 1.38 bits per heavy atom. The van der Waals surface area contributed by atoms with Crippen LogP contribution in [0.2, 0.25) is 0 Å². The standard InChI is InChI=1S/C14H14N2O5/c1-8-6-12(16-21-8)15-13(18)9(2)20-14(19)10-4-3-5-11(17)7-10/h3-7,9,17H,1-2H3,(H,15,16,18)/t9-/m0/s1. The first-order valence-electron chi connectivity index (χ1n) is 6.20. The minimum Gasteiger partial charge on any atom is -0.508 e. The number of phenolic OH excluding ortho intramolecular Hbond substituents is 1. The van der Waals surface area contributed by atoms with E-state index in [1.54, 1.807) is 13.0 Å². The molecule has 1 aromatic heterocycles. The molecule has 7 nitrogen and oxygen atoms in total. The maximum atomic E-state index is 11.8. The Labute approximate surface area is 120 Å². The van der Waals surface area contributed by atoms with E-state index < -0.39 is 18.0 Å². The van der Waals surface area contributed by atoms with E-state index in [1.807, 2.05) is 0 Å². The number of hydrogen-bond donors (Lipinski definition) is 2. The summed E-state index contributed by atoms with van der Waals surface area (Å²) in [7, 11) is 0. The molecule has 0 saturated heterocycles. The fourth-order valence-electron chi connectivity index (χ4n) is 1.57. The Kier molecular flexibility index (Phi) is 4.22. The molecular weight excluding hydrogens is 276 g/mol. The molecule has 0 saturated carbocycles. The van der Waals surface area contributed by atoms with Crippen molar-refractivity contribution in [2.45, 2.75) is 20.0 Å². The molecule has 0 bridgehead atoms. The number of benzene rings is 1. The number of rotatable bonds is 4. The first-order valence-corrected chi connectivity index (χ1v) is 6.20. The van der Waals surface area contributed by atoms with Crippen LogP contribution in [0.15, 0.2) is 34.9 Å². The molecule has 0 radical (unpaired) electrons. The lowest BCUT2D eigenvalue weighted by molar-refractivity contribution is -0.123. The van der Waals surface area contributed by atoms with Crippen LogP contribution in [-0.2, 0) is 9.53 Å². The summed E-state index contributed by atoms with van der Waals surface area (Å²) in [5.74, 6) is -0.492. The van der Waals surface area contributed by atoms with E-state index in [2.05, 4.69) is 10.5 Å². The number of ether oxygens (including phenoxy) is 1. The Morgan fingerprint density at radius 3 is 2.76 bits per heavy atom. The van der Waals surface area contributed by atoms with Crippen molar-refractivity contribution >= 4 is 17.7 Å². The number of aryl methyl sites for hydroxylation is 1. The van der Waals surface area contributed by atoms with Crippen LogP contribution in [0.5, 0.6) is 5.75 Å². The number of carbonyl (C=O) groups excluding carboxylic acids is 2. The number of anilines is 1. The second-order valence-electron chi connectivity index (χ2n) is 4.41. The first-order chi connectivity index (χ1) is 9.95. The van der Waals surface area contributed by atoms with Crippen molar-refractivity contribution in [1.82, 2.24) is 5.16 Å². The van der Waals surface area contributed by atoms with Gasteiger partial charge in [0.15, 0.2) is 11.9 Å². The average molecular weight is 290 g/mol. The van der Waals surface area contributed by atoms with Gasteiger partial charge in [0.1, 0.15) is 11.5 Å². The number of esters is 1. The van der Waals surface area contributed by atoms with E-state index in [-0.39, 0.29) is 17.1 Å². The third-order valence-electron chi connectivity index (χ3n) is 2.61. The van der Waals surface area contributed by atoms with Crippen LogP contribution in [0.1, 0.15) is 23.0 Å². The van der Waals surface area contributed by atoms with E-state index in [9.17, 15) is 14.7 Å². The van der Waals surface area contributed by atoms with Gasteiger partial charge in [-0.25, -0.2) is 4.79 Å². The number of aromatic nitrogens is 1. The number of carbonyl (C=O) groups is 2. The van der Waals surface area contributed by atoms with Crippen LogP contribution in [0.25, 0.3) is 0 Å². The van der Waals surface area contributed by atoms with E-state index in [0.29, 0.717) is 5.76 Å². The Morgan fingerprint density at radius 2 is 2.14 bits per heavy atom. The van der Waals surface area contributed by atoms with E-state index in [0.717, 1.165) is 0 Å². The van der Waals surface area contributed by atoms with Crippen molar-refractivity contribution < 1.29 is 24.0 Å². The van der Waals surface area contributed by atoms with Crippen molar-refractivity contribution in [3.63, 3.8) is 0 Å². The van der Waals surface area contributed by atoms with Crippen LogP contribution >= 0.6 is 0 Å². The largest absolute Gasteiger partial charge is 0.508 e. The number of aromatic hydroxyl groups is 1. The molecule has 1 aromatic carbocycles. The molecular formula is C14H14N2O5. The highest BCUT2D eigenvalue weighted by molar-refractivity contribution is 5.96. The highest BCUT2D eigenvalue weighted by Gasteiger charge is 2.20. The van der Waals surface area contributed by atoms with Crippen molar-refractivity contribution in [1.29, 1.82) is 0 Å². The van der Waals surface area contributed by atoms with Crippen LogP contribution < -0.4 is 5.32 Å². The molecule has 0 unspecified atom stereocenters. The lowest BCUT2D eigenvalue weighted by Crippen LogP contribution is -2.30. The summed E-state index contributed by atoms with van der Waals surface area (Å²) < 4.78 is 9.82. The molecule has 0 aliphatic heterocycles. The fraction of sp³-hybridized carbons (Fsp3) is 0.214. The summed E-state index contributed by atoms with van der Waals surface area (Å²) in [6, 6.07) is 7.22. The Bertz CT molecular complexity index is 665. The predicted octanol–water partition coefficient (Wildman–Crippen LogP) is 1.87. The molecule has 1 atom stereocenters. The zero-order chi connectivity index (χ0) is 15.4. The third kappa shape index (κ3) is 3.82. The van der Waals surface area contributed by atoms with Gasteiger partial charge in [-0.15, -0.1) is 0 Å². The molecule has 0 fully saturated rings. The molecule has 0 aliphatic rings. The lowest BCUT2D eigenvalue weighted by atomic mass is 10.2. The SMILES string of the molecule is Cc1cc(NC(=O)[C@H](C)OC(=O)c2cccc(O)c2)no1. The zero-order valence-corrected chi connectivity index (χ0v) is 11.5. The summed E-state index contributed by atoms with van der Waals surface area (Å²) in [4.78, 5) is 23.7. The zero-order valence-electron chi connectivity index (χ0n) is 11.5. The van der Waals surface area contributed by atoms with Gasteiger partial charge in [-0.1, -0.05) is 11.2 Å². The molecule has 1 heterocycles. The number of phenols is 1. The van der Waals surface area contributed by atoms with E-state index in [1.165, 1.54) is 31.2 Å². The molecule has 0 spiro atoms. The van der Waals surface area contributed by atoms with Crippen molar-refractivity contribution in [3.05, 3.63) is 41.7 Å². The van der Waals surface area contributed by atoms with Gasteiger partial charge in [0, 0.05) is 6.07 Å². The molecule has 0 aliphatic carbocycles. The van der Waals surface area contributed by atoms with Crippen LogP contribution in [0.3, 0.4) is 0 Å². The van der Waals surface area contributed by atoms with E-state index in [4.69, 9.17) is 9.26 Å². The number of nitrogens with zero attached hydrogens (tertiary/aromatic N) is 1. The van der Waals surface area contributed by atoms with Gasteiger partial charge < -0.3 is 19.7 Å². The summed E-state index contributed by atoms with van der Waals surface area (Å²) in [6.07, 6.45) is -1.02. The second kappa shape index (κ2) is 6.08. The molecule has 2 rings (SSSR count). The summed E-state index contributed by atoms with van der Waals surface area (Å²) in [5.41, 5.74) is 0.159. The minimum absolute atomic E-state index is 0.0559. The fourth-order valence-corrected chi connectivity index (χ4v) is 1.57. The van der Waals surface area contributed by atoms with Gasteiger partial charge in [0.2, 0.25) is 0 Å². The number of hydrogen-bond acceptors (Lipinski definition) is 6. The van der Waals surface area contributed by atoms with Crippen LogP contribution in [-0.4, -0.2) is 28.2 Å². The van der Waals surface area contributed by atoms with Crippen molar-refractivity contribution in [2.24, 2.45) is 0 Å². The van der Waals surface area contributed by atoms with Crippen LogP contribution in [0, 0.1) is 6.92 Å². The Hall–Kier alpha value is -2.83. The smallest absolute Gasteiger partial charge is 0.339 e. The molecule has 1 amide bonds. The molecule has 110 valence electrons. The van der Waals surface area contributed by atoms with Crippen molar-refractivity contribution in [3.8, 4) is 5.75 Å². The second-order valence-corrected chi connectivity index (χ2v) is 4.41. The summed E-state index contributed by atoms with van der Waals surface area (Å²) >= 11 is 0. The topological polar surface area (TPSA) is 102 Å². The molecule has 2 N–H and O–H groups in total. The quantitative estimate of drug-likeness (QED) is 0.833. The van der Waals surface area contributed by atoms with Crippen LogP contribution in [0.4, 0.5) is 5.82 Å². The molecule has 2 aromatic rings. The van der Waals surface area contributed by atoms with Gasteiger partial charge in [0.25, 0.3) is 5.91 Å². The summed E-state index contributed by atoms with van der Waals surface area (Å²) in [6.45, 7) is 3.12. The summed E-state index contributed by atoms with van der Waals surface area (Å²) in [5, 5.41) is 15.4. The Balaban J connectivity index is 1.95. The predicted molar refractivity (Wildman–Crippen MR) is 72.9 cm³/mol. The van der Waals surface area contributed by atoms with Gasteiger partial charge in [-0.2, -0.15) is 0 Å². The number of amides is 1. The maximum Gasteiger partial charge on any atom is 0.339 e. The lowest BCUT2D eigenvalue weighted by Gasteiger charge is -2.12. The highest BCUT2D eigenvalue weighted by Crippen LogP contribution is 2.13. The monoisotopic (exact) mass is 290 g/mol. The minimum atomic E-state index is -1.02. The van der Waals surface area contributed by atoms with Crippen molar-refractivity contribution in [2.75, 3.05) is 5.32 Å². The van der Waals surface area contributed by atoms with Gasteiger partial charge in [0.05, 0.1) is 5.56 Å². The maximum absolute atomic E-state index is 11.8. The number of nitrogens with one attached hydrogen (secondary N) is 1. The molecule has 7 heteroatoms. The molecule has 21 heavy (non-hydrogen) atoms. The highest BCUT2D eigenvalue weighted by atomic mass is 16.5.